The number of amides is 1. The van der Waals surface area contributed by atoms with Crippen LogP contribution in [0.3, 0.4) is 0 Å². The quantitative estimate of drug-likeness (QED) is 0.841. The third-order valence-electron chi connectivity index (χ3n) is 5.36. The van der Waals surface area contributed by atoms with E-state index in [1.54, 1.807) is 10.7 Å². The second kappa shape index (κ2) is 7.78. The van der Waals surface area contributed by atoms with Gasteiger partial charge in [0.1, 0.15) is 5.82 Å². The van der Waals surface area contributed by atoms with E-state index in [1.165, 1.54) is 12.1 Å². The van der Waals surface area contributed by atoms with E-state index < -0.39 is 0 Å². The smallest absolute Gasteiger partial charge is 0.237 e. The molecule has 4 rings (SSSR count). The molecule has 7 heteroatoms. The van der Waals surface area contributed by atoms with Crippen LogP contribution in [0.1, 0.15) is 25.5 Å². The zero-order valence-corrected chi connectivity index (χ0v) is 15.6. The lowest BCUT2D eigenvalue weighted by Crippen LogP contribution is -2.53. The largest absolute Gasteiger partial charge is 0.352 e. The predicted octanol–water partition coefficient (Wildman–Crippen LogP) is 1.80. The van der Waals surface area contributed by atoms with E-state index in [0.717, 1.165) is 56.9 Å². The number of hydrogen-bond donors (Lipinski definition) is 1. The molecule has 1 atom stereocenters. The van der Waals surface area contributed by atoms with Gasteiger partial charge in [-0.3, -0.25) is 14.6 Å². The number of aromatic nitrogens is 2. The molecule has 1 aromatic carbocycles. The molecule has 1 N–H and O–H groups in total. The van der Waals surface area contributed by atoms with E-state index in [-0.39, 0.29) is 17.8 Å². The second-order valence-electron chi connectivity index (χ2n) is 7.50. The normalized spacial score (nSPS) is 19.8. The molecule has 1 saturated carbocycles. The number of carbonyl (C=O) groups excluding carboxylic acids is 1. The number of nitrogens with one attached hydrogen (secondary N) is 1. The fourth-order valence-corrected chi connectivity index (χ4v) is 3.46. The number of nitrogens with zero attached hydrogens (tertiary/aromatic N) is 4. The van der Waals surface area contributed by atoms with E-state index >= 15 is 0 Å². The SMILES string of the molecule is C[C@H](C(=O)NC1CC1)N1CCN(Cc2ccn(-c3cccc(F)c3)n2)CC1. The van der Waals surface area contributed by atoms with E-state index in [4.69, 9.17) is 0 Å². The van der Waals surface area contributed by atoms with E-state index in [9.17, 15) is 9.18 Å². The number of halogens is 1. The van der Waals surface area contributed by atoms with E-state index in [2.05, 4.69) is 20.2 Å². The highest BCUT2D eigenvalue weighted by Gasteiger charge is 2.30. The number of rotatable bonds is 6. The van der Waals surface area contributed by atoms with Crippen molar-refractivity contribution >= 4 is 5.91 Å². The van der Waals surface area contributed by atoms with Gasteiger partial charge >= 0.3 is 0 Å². The van der Waals surface area contributed by atoms with Crippen LogP contribution in [0, 0.1) is 5.82 Å². The standard InChI is InChI=1S/C20H26FN5O/c1-15(20(27)22-17-5-6-17)25-11-9-24(10-12-25)14-18-7-8-26(23-18)19-4-2-3-16(21)13-19/h2-4,7-8,13,15,17H,5-6,9-12,14H2,1H3,(H,22,27)/t15-/m1/s1. The number of carbonyl (C=O) groups is 1. The third kappa shape index (κ3) is 4.54. The molecule has 2 aliphatic rings. The molecule has 27 heavy (non-hydrogen) atoms. The topological polar surface area (TPSA) is 53.4 Å². The Labute approximate surface area is 158 Å². The molecule has 0 radical (unpaired) electrons. The fraction of sp³-hybridized carbons (Fsp3) is 0.500. The summed E-state index contributed by atoms with van der Waals surface area (Å²) in [5.74, 6) is -0.111. The molecule has 144 valence electrons. The molecule has 1 aromatic heterocycles. The lowest BCUT2D eigenvalue weighted by atomic mass is 10.2. The van der Waals surface area contributed by atoms with Gasteiger partial charge in [-0.05, 0) is 44.0 Å². The first-order valence-corrected chi connectivity index (χ1v) is 9.66. The Balaban J connectivity index is 1.28. The van der Waals surface area contributed by atoms with Gasteiger partial charge in [-0.2, -0.15) is 5.10 Å². The predicted molar refractivity (Wildman–Crippen MR) is 101 cm³/mol. The van der Waals surface area contributed by atoms with Crippen LogP contribution in [0.15, 0.2) is 36.5 Å². The second-order valence-corrected chi connectivity index (χ2v) is 7.50. The average molecular weight is 371 g/mol. The van der Waals surface area contributed by atoms with Crippen LogP contribution >= 0.6 is 0 Å². The minimum Gasteiger partial charge on any atom is -0.352 e. The molecule has 1 saturated heterocycles. The number of benzene rings is 1. The Morgan fingerprint density at radius 1 is 1.26 bits per heavy atom. The molecule has 0 bridgehead atoms. The van der Waals surface area contributed by atoms with Crippen molar-refractivity contribution in [2.24, 2.45) is 0 Å². The maximum absolute atomic E-state index is 13.4. The highest BCUT2D eigenvalue weighted by Crippen LogP contribution is 2.19. The number of hydrogen-bond acceptors (Lipinski definition) is 4. The van der Waals surface area contributed by atoms with Gasteiger partial charge in [0.2, 0.25) is 5.91 Å². The van der Waals surface area contributed by atoms with Gasteiger partial charge in [-0.1, -0.05) is 6.07 Å². The molecular formula is C20H26FN5O. The van der Waals surface area contributed by atoms with Crippen LogP contribution in [0.4, 0.5) is 4.39 Å². The summed E-state index contributed by atoms with van der Waals surface area (Å²) >= 11 is 0. The molecule has 0 unspecified atom stereocenters. The van der Waals surface area contributed by atoms with Gasteiger partial charge in [0.25, 0.3) is 0 Å². The van der Waals surface area contributed by atoms with Crippen molar-refractivity contribution in [2.45, 2.75) is 38.4 Å². The minimum absolute atomic E-state index is 0.0695. The summed E-state index contributed by atoms with van der Waals surface area (Å²) < 4.78 is 15.1. The Kier molecular flexibility index (Phi) is 5.22. The van der Waals surface area contributed by atoms with Gasteiger partial charge < -0.3 is 5.32 Å². The van der Waals surface area contributed by atoms with E-state index in [1.807, 2.05) is 25.3 Å². The Hall–Kier alpha value is -2.25. The van der Waals surface area contributed by atoms with Crippen LogP contribution in [-0.2, 0) is 11.3 Å². The van der Waals surface area contributed by atoms with Crippen LogP contribution in [0.5, 0.6) is 0 Å². The zero-order valence-electron chi connectivity index (χ0n) is 15.6. The molecule has 2 aromatic rings. The summed E-state index contributed by atoms with van der Waals surface area (Å²) in [6, 6.07) is 8.75. The summed E-state index contributed by atoms with van der Waals surface area (Å²) in [6.07, 6.45) is 4.10. The van der Waals surface area contributed by atoms with Gasteiger partial charge in [0, 0.05) is 45.0 Å². The molecule has 2 heterocycles. The van der Waals surface area contributed by atoms with Crippen LogP contribution in [0.2, 0.25) is 0 Å². The number of piperazine rings is 1. The molecule has 1 aliphatic carbocycles. The average Bonchev–Trinajstić information content (AvgIpc) is 3.36. The summed E-state index contributed by atoms with van der Waals surface area (Å²) in [6.45, 7) is 6.34. The third-order valence-corrected chi connectivity index (χ3v) is 5.36. The van der Waals surface area contributed by atoms with Gasteiger partial charge in [-0.25, -0.2) is 9.07 Å². The van der Waals surface area contributed by atoms with Gasteiger partial charge in [0.15, 0.2) is 0 Å². The first-order chi connectivity index (χ1) is 13.1. The van der Waals surface area contributed by atoms with Crippen molar-refractivity contribution in [1.29, 1.82) is 0 Å². The van der Waals surface area contributed by atoms with Crippen LogP contribution in [0.25, 0.3) is 5.69 Å². The summed E-state index contributed by atoms with van der Waals surface area (Å²) in [5.41, 5.74) is 1.69. The molecule has 6 nitrogen and oxygen atoms in total. The van der Waals surface area contributed by atoms with Crippen molar-refractivity contribution in [1.82, 2.24) is 24.9 Å². The first kappa shape index (κ1) is 18.1. The highest BCUT2D eigenvalue weighted by molar-refractivity contribution is 5.81. The zero-order chi connectivity index (χ0) is 18.8. The molecule has 2 fully saturated rings. The van der Waals surface area contributed by atoms with E-state index in [0.29, 0.717) is 6.04 Å². The van der Waals surface area contributed by atoms with Crippen molar-refractivity contribution in [3.63, 3.8) is 0 Å². The fourth-order valence-electron chi connectivity index (χ4n) is 3.46. The van der Waals surface area contributed by atoms with Gasteiger partial charge in [0.05, 0.1) is 17.4 Å². The maximum atomic E-state index is 13.4. The first-order valence-electron chi connectivity index (χ1n) is 9.66. The molecular weight excluding hydrogens is 345 g/mol. The van der Waals surface area contributed by atoms with Crippen molar-refractivity contribution in [3.05, 3.63) is 48.0 Å². The lowest BCUT2D eigenvalue weighted by molar-refractivity contribution is -0.126. The Morgan fingerprint density at radius 3 is 2.74 bits per heavy atom. The van der Waals surface area contributed by atoms with Crippen molar-refractivity contribution < 1.29 is 9.18 Å². The van der Waals surface area contributed by atoms with Crippen LogP contribution in [-0.4, -0.2) is 63.8 Å². The van der Waals surface area contributed by atoms with Gasteiger partial charge in [-0.15, -0.1) is 0 Å². The lowest BCUT2D eigenvalue weighted by Gasteiger charge is -2.37. The molecule has 1 aliphatic heterocycles. The molecule has 0 spiro atoms. The summed E-state index contributed by atoms with van der Waals surface area (Å²) in [7, 11) is 0. The van der Waals surface area contributed by atoms with Crippen molar-refractivity contribution in [2.75, 3.05) is 26.2 Å². The summed E-state index contributed by atoms with van der Waals surface area (Å²) in [4.78, 5) is 16.8. The van der Waals surface area contributed by atoms with Crippen molar-refractivity contribution in [3.8, 4) is 5.69 Å². The Morgan fingerprint density at radius 2 is 2.04 bits per heavy atom. The monoisotopic (exact) mass is 371 g/mol. The summed E-state index contributed by atoms with van der Waals surface area (Å²) in [5, 5.41) is 7.66. The molecule has 1 amide bonds. The minimum atomic E-state index is -0.263. The highest BCUT2D eigenvalue weighted by atomic mass is 19.1. The Bertz CT molecular complexity index is 795. The van der Waals surface area contributed by atoms with Crippen LogP contribution < -0.4 is 5.32 Å². The maximum Gasteiger partial charge on any atom is 0.237 e.